The summed E-state index contributed by atoms with van der Waals surface area (Å²) in [5.74, 6) is -1.76. The topological polar surface area (TPSA) is 101 Å². The number of carboxylic acids is 1. The summed E-state index contributed by atoms with van der Waals surface area (Å²) in [5.41, 5.74) is -1.06. The first-order chi connectivity index (χ1) is 6.02. The third-order valence-electron chi connectivity index (χ3n) is 1.41. The van der Waals surface area contributed by atoms with E-state index in [1.54, 1.807) is 0 Å². The van der Waals surface area contributed by atoms with Crippen LogP contribution in [0.4, 0.5) is 5.69 Å². The van der Waals surface area contributed by atoms with E-state index in [-0.39, 0.29) is 36.7 Å². The fraction of sp³-hybridized carbons (Fsp3) is 0. The van der Waals surface area contributed by atoms with Crippen molar-refractivity contribution in [2.24, 2.45) is 0 Å². The van der Waals surface area contributed by atoms with Crippen LogP contribution in [0, 0.1) is 10.1 Å². The fourth-order valence-corrected chi connectivity index (χ4v) is 0.855. The van der Waals surface area contributed by atoms with Crippen LogP contribution in [-0.2, 0) is 0 Å². The monoisotopic (exact) mass is 207 g/mol. The van der Waals surface area contributed by atoms with Crippen LogP contribution in [-0.4, -0.2) is 21.1 Å². The number of aromatic hydroxyl groups is 1. The quantitative estimate of drug-likeness (QED) is 0.335. The molecule has 0 saturated carbocycles. The van der Waals surface area contributed by atoms with Gasteiger partial charge in [-0.1, -0.05) is 0 Å². The Bertz CT molecular complexity index is 384. The van der Waals surface area contributed by atoms with Crippen molar-refractivity contribution in [3.8, 4) is 5.75 Å². The summed E-state index contributed by atoms with van der Waals surface area (Å²) in [6.45, 7) is 0. The Kier molecular flexibility index (Phi) is 4.55. The van der Waals surface area contributed by atoms with Crippen molar-refractivity contribution in [3.63, 3.8) is 0 Å². The Balaban J connectivity index is 0. The Morgan fingerprint density at radius 3 is 2.50 bits per heavy atom. The zero-order chi connectivity index (χ0) is 10.0. The first-order valence-electron chi connectivity index (χ1n) is 3.23. The first-order valence-corrected chi connectivity index (χ1v) is 3.23. The normalized spacial score (nSPS) is 8.86. The summed E-state index contributed by atoms with van der Waals surface area (Å²) in [7, 11) is 0. The number of benzene rings is 1. The van der Waals surface area contributed by atoms with E-state index >= 15 is 0 Å². The predicted molar refractivity (Wildman–Crippen MR) is 42.8 cm³/mol. The van der Waals surface area contributed by atoms with Crippen LogP contribution < -0.4 is 29.6 Å². The Morgan fingerprint density at radius 1 is 1.50 bits per heavy atom. The molecule has 0 atom stereocenters. The molecule has 0 unspecified atom stereocenters. The van der Waals surface area contributed by atoms with Gasteiger partial charge in [0.05, 0.1) is 4.92 Å². The number of phenols is 1. The Labute approximate surface area is 102 Å². The molecule has 0 radical (unpaired) electrons. The van der Waals surface area contributed by atoms with Crippen molar-refractivity contribution in [2.75, 3.05) is 0 Å². The molecule has 0 aromatic heterocycles. The average Bonchev–Trinajstić information content (AvgIpc) is 2.03. The molecular weight excluding hydrogens is 201 g/mol. The molecule has 0 bridgehead atoms. The van der Waals surface area contributed by atoms with Crippen LogP contribution in [0.3, 0.4) is 0 Å². The van der Waals surface area contributed by atoms with Crippen LogP contribution in [0.1, 0.15) is 11.8 Å². The average molecular weight is 207 g/mol. The second kappa shape index (κ2) is 4.94. The van der Waals surface area contributed by atoms with Gasteiger partial charge in [0.25, 0.3) is 5.69 Å². The van der Waals surface area contributed by atoms with Crippen LogP contribution in [0.5, 0.6) is 5.75 Å². The van der Waals surface area contributed by atoms with Gasteiger partial charge in [-0.2, -0.15) is 0 Å². The van der Waals surface area contributed by atoms with Gasteiger partial charge < -0.3 is 11.6 Å². The molecule has 0 aliphatic carbocycles. The number of nitrogens with zero attached hydrogens (tertiary/aromatic N) is 1. The van der Waals surface area contributed by atoms with E-state index in [0.29, 0.717) is 0 Å². The van der Waals surface area contributed by atoms with E-state index in [9.17, 15) is 14.9 Å². The second-order valence-electron chi connectivity index (χ2n) is 2.26. The minimum atomic E-state index is -1.44. The predicted octanol–water partition coefficient (Wildman–Crippen LogP) is -1.88. The SMILES string of the molecule is O=C(O)c1cc(O)ccc1[N+](=O)[O-].[H-].[Na+]. The Hall–Kier alpha value is -1.11. The molecule has 2 N–H and O–H groups in total. The van der Waals surface area contributed by atoms with Crippen molar-refractivity contribution in [1.82, 2.24) is 0 Å². The second-order valence-corrected chi connectivity index (χ2v) is 2.26. The molecule has 0 fully saturated rings. The largest absolute Gasteiger partial charge is 1.00 e. The molecule has 1 rings (SSSR count). The third-order valence-corrected chi connectivity index (χ3v) is 1.41. The number of hydrogen-bond acceptors (Lipinski definition) is 4. The number of carboxylic acid groups (broad SMARTS) is 1. The van der Waals surface area contributed by atoms with E-state index in [1.165, 1.54) is 0 Å². The van der Waals surface area contributed by atoms with E-state index in [1.807, 2.05) is 0 Å². The zero-order valence-corrected chi connectivity index (χ0v) is 9.30. The molecule has 0 saturated heterocycles. The van der Waals surface area contributed by atoms with Crippen LogP contribution in [0.2, 0.25) is 0 Å². The van der Waals surface area contributed by atoms with E-state index in [2.05, 4.69) is 0 Å². The first kappa shape index (κ1) is 12.9. The van der Waals surface area contributed by atoms with E-state index < -0.39 is 22.1 Å². The van der Waals surface area contributed by atoms with Crippen LogP contribution >= 0.6 is 0 Å². The molecule has 0 heterocycles. The van der Waals surface area contributed by atoms with Crippen molar-refractivity contribution in [3.05, 3.63) is 33.9 Å². The molecule has 7 heteroatoms. The minimum absolute atomic E-state index is 0. The maximum absolute atomic E-state index is 10.5. The van der Waals surface area contributed by atoms with Gasteiger partial charge >= 0.3 is 35.5 Å². The van der Waals surface area contributed by atoms with Gasteiger partial charge in [-0.3, -0.25) is 10.1 Å². The molecule has 1 aromatic carbocycles. The molecule has 0 spiro atoms. The molecule has 0 aliphatic rings. The standard InChI is InChI=1S/C7H5NO5.Na.H/c9-4-1-2-6(8(12)13)5(3-4)7(10)11;;/h1-3,9H,(H,10,11);;/q;+1;-1. The van der Waals surface area contributed by atoms with Crippen molar-refractivity contribution in [1.29, 1.82) is 0 Å². The van der Waals surface area contributed by atoms with Gasteiger partial charge in [-0.05, 0) is 6.07 Å². The van der Waals surface area contributed by atoms with Crippen LogP contribution in [0.25, 0.3) is 0 Å². The molecular formula is C7H6NNaO5. The van der Waals surface area contributed by atoms with Crippen LogP contribution in [0.15, 0.2) is 18.2 Å². The number of rotatable bonds is 2. The maximum Gasteiger partial charge on any atom is 1.00 e. The maximum atomic E-state index is 10.5. The number of aromatic carboxylic acids is 1. The summed E-state index contributed by atoms with van der Waals surface area (Å²) in [6.07, 6.45) is 0. The number of phenolic OH excluding ortho intramolecular Hbond substituents is 1. The molecule has 14 heavy (non-hydrogen) atoms. The number of nitro benzene ring substituents is 1. The smallest absolute Gasteiger partial charge is 1.00 e. The molecule has 6 nitrogen and oxygen atoms in total. The summed E-state index contributed by atoms with van der Waals surface area (Å²) in [5, 5.41) is 27.7. The van der Waals surface area contributed by atoms with Gasteiger partial charge in [0, 0.05) is 12.1 Å². The fourth-order valence-electron chi connectivity index (χ4n) is 0.855. The van der Waals surface area contributed by atoms with Gasteiger partial charge in [0.1, 0.15) is 11.3 Å². The van der Waals surface area contributed by atoms with Gasteiger partial charge in [0.2, 0.25) is 0 Å². The summed E-state index contributed by atoms with van der Waals surface area (Å²) in [6, 6.07) is 2.84. The van der Waals surface area contributed by atoms with Gasteiger partial charge in [-0.15, -0.1) is 0 Å². The summed E-state index contributed by atoms with van der Waals surface area (Å²) >= 11 is 0. The van der Waals surface area contributed by atoms with Gasteiger partial charge in [0.15, 0.2) is 0 Å². The number of nitro groups is 1. The molecule has 70 valence electrons. The summed E-state index contributed by atoms with van der Waals surface area (Å²) < 4.78 is 0. The van der Waals surface area contributed by atoms with Crippen molar-refractivity contribution < 1.29 is 50.9 Å². The molecule has 1 aromatic rings. The van der Waals surface area contributed by atoms with E-state index in [0.717, 1.165) is 18.2 Å². The Morgan fingerprint density at radius 2 is 2.07 bits per heavy atom. The minimum Gasteiger partial charge on any atom is -1.00 e. The molecule has 0 aliphatic heterocycles. The van der Waals surface area contributed by atoms with Crippen molar-refractivity contribution in [2.45, 2.75) is 0 Å². The molecule has 0 amide bonds. The third kappa shape index (κ3) is 2.69. The van der Waals surface area contributed by atoms with Crippen molar-refractivity contribution >= 4 is 11.7 Å². The van der Waals surface area contributed by atoms with E-state index in [4.69, 9.17) is 10.2 Å². The summed E-state index contributed by atoms with van der Waals surface area (Å²) in [4.78, 5) is 19.9. The zero-order valence-electron chi connectivity index (χ0n) is 8.30. The number of carbonyl (C=O) groups is 1. The van der Waals surface area contributed by atoms with Gasteiger partial charge in [-0.25, -0.2) is 4.79 Å². The number of hydrogen-bond donors (Lipinski definition) is 2.